The highest BCUT2D eigenvalue weighted by Crippen LogP contribution is 2.39. The Bertz CT molecular complexity index is 1560. The number of fused-ring (bicyclic) bond motifs is 2. The Kier molecular flexibility index (Phi) is 7.67. The van der Waals surface area contributed by atoms with Crippen LogP contribution in [-0.2, 0) is 17.7 Å². The van der Waals surface area contributed by atoms with Crippen LogP contribution in [0.15, 0.2) is 72.8 Å². The molecule has 1 aliphatic carbocycles. The van der Waals surface area contributed by atoms with Crippen LogP contribution < -0.4 is 16.0 Å². The van der Waals surface area contributed by atoms with E-state index in [9.17, 15) is 9.59 Å². The van der Waals surface area contributed by atoms with E-state index in [4.69, 9.17) is 10.5 Å². The summed E-state index contributed by atoms with van der Waals surface area (Å²) in [5.74, 6) is 0.281. The number of pyridine rings is 1. The van der Waals surface area contributed by atoms with Gasteiger partial charge in [-0.3, -0.25) is 9.59 Å². The molecule has 3 N–H and O–H groups in total. The van der Waals surface area contributed by atoms with Gasteiger partial charge in [-0.25, -0.2) is 4.98 Å². The van der Waals surface area contributed by atoms with Gasteiger partial charge < -0.3 is 20.7 Å². The molecule has 0 bridgehead atoms. The predicted octanol–water partition coefficient (Wildman–Crippen LogP) is 5.52. The van der Waals surface area contributed by atoms with Gasteiger partial charge in [-0.15, -0.1) is 0 Å². The van der Waals surface area contributed by atoms with Crippen molar-refractivity contribution in [1.29, 1.82) is 0 Å². The van der Waals surface area contributed by atoms with Crippen molar-refractivity contribution in [3.05, 3.63) is 123 Å². The number of carbonyl (C=O) groups excluding carboxylic acids is 2. The Balaban J connectivity index is 1.40. The van der Waals surface area contributed by atoms with E-state index < -0.39 is 0 Å². The molecule has 204 valence electrons. The van der Waals surface area contributed by atoms with Crippen molar-refractivity contribution in [2.24, 2.45) is 0 Å². The minimum absolute atomic E-state index is 0.0386. The zero-order valence-corrected chi connectivity index (χ0v) is 23.3. The largest absolute Gasteiger partial charge is 0.384 e. The van der Waals surface area contributed by atoms with Crippen LogP contribution in [0.4, 0.5) is 11.5 Å². The number of rotatable bonds is 7. The number of amides is 2. The number of carbonyl (C=O) groups is 2. The topological polar surface area (TPSA) is 97.6 Å². The number of ether oxygens (including phenoxy) is 1. The maximum absolute atomic E-state index is 13.3. The van der Waals surface area contributed by atoms with Gasteiger partial charge in [0.2, 0.25) is 0 Å². The highest BCUT2D eigenvalue weighted by Gasteiger charge is 2.28. The first-order chi connectivity index (χ1) is 19.3. The lowest BCUT2D eigenvalue weighted by molar-refractivity contribution is 0.0948. The van der Waals surface area contributed by atoms with Crippen molar-refractivity contribution in [3.8, 4) is 0 Å². The van der Waals surface area contributed by atoms with Crippen LogP contribution in [0, 0.1) is 13.8 Å². The number of aromatic nitrogens is 1. The molecule has 1 heterocycles. The van der Waals surface area contributed by atoms with E-state index in [2.05, 4.69) is 22.4 Å². The fraction of sp³-hybridized carbons (Fsp3) is 0.242. The molecule has 1 aromatic heterocycles. The van der Waals surface area contributed by atoms with Crippen LogP contribution in [0.5, 0.6) is 0 Å². The number of nitrogen functional groups attached to an aromatic ring is 1. The van der Waals surface area contributed by atoms with Crippen LogP contribution in [0.3, 0.4) is 0 Å². The minimum atomic E-state index is -0.254. The number of hydrogen-bond donors (Lipinski definition) is 2. The number of aryl methyl sites for hydroxylation is 2. The molecule has 40 heavy (non-hydrogen) atoms. The minimum Gasteiger partial charge on any atom is -0.384 e. The van der Waals surface area contributed by atoms with Gasteiger partial charge in [-0.05, 0) is 103 Å². The van der Waals surface area contributed by atoms with E-state index in [1.807, 2.05) is 81.4 Å². The molecule has 0 fully saturated rings. The van der Waals surface area contributed by atoms with Crippen molar-refractivity contribution >= 4 is 23.3 Å². The molecule has 0 unspecified atom stereocenters. The van der Waals surface area contributed by atoms with Gasteiger partial charge in [-0.2, -0.15) is 0 Å². The molecule has 0 radical (unpaired) electrons. The van der Waals surface area contributed by atoms with Gasteiger partial charge in [0.25, 0.3) is 11.8 Å². The highest BCUT2D eigenvalue weighted by molar-refractivity contribution is 6.06. The van der Waals surface area contributed by atoms with Crippen LogP contribution >= 0.6 is 0 Å². The summed E-state index contributed by atoms with van der Waals surface area (Å²) in [6, 6.07) is 23.0. The fourth-order valence-electron chi connectivity index (χ4n) is 5.56. The Morgan fingerprint density at radius 1 is 0.975 bits per heavy atom. The van der Waals surface area contributed by atoms with Crippen molar-refractivity contribution in [3.63, 3.8) is 0 Å². The summed E-state index contributed by atoms with van der Waals surface area (Å²) in [7, 11) is 1.70. The smallest absolute Gasteiger partial charge is 0.258 e. The first-order valence-electron chi connectivity index (χ1n) is 13.5. The second kappa shape index (κ2) is 11.3. The SMILES string of the molecule is CCN(C(=O)c1ccccc1)c1ccc2c(c1)Cc1cc(C(=O)NCc3c(C)cc(N)nc3C)ccc1[C@H]2OC. The average Bonchev–Trinajstić information content (AvgIpc) is 2.95. The van der Waals surface area contributed by atoms with Gasteiger partial charge in [-0.1, -0.05) is 30.3 Å². The molecule has 7 heteroatoms. The molecule has 0 saturated heterocycles. The quantitative estimate of drug-likeness (QED) is 0.326. The van der Waals surface area contributed by atoms with Crippen LogP contribution in [0.1, 0.15) is 72.8 Å². The Hall–Kier alpha value is -4.49. The molecule has 4 aromatic rings. The summed E-state index contributed by atoms with van der Waals surface area (Å²) >= 11 is 0. The zero-order valence-electron chi connectivity index (χ0n) is 23.3. The standard InChI is InChI=1S/C33H34N4O3/c1-5-37(33(39)22-9-7-6-8-10-22)26-12-14-28-25(18-26)17-24-16-23(11-13-27(24)31(28)40-4)32(38)35-19-29-20(2)15-30(34)36-21(29)3/h6-16,18,31H,5,17,19H2,1-4H3,(H2,34,36)(H,35,38)/t31-/m1/s1. The van der Waals surface area contributed by atoms with Crippen molar-refractivity contribution in [2.45, 2.75) is 39.8 Å². The summed E-state index contributed by atoms with van der Waals surface area (Å²) in [4.78, 5) is 32.5. The lowest BCUT2D eigenvalue weighted by atomic mass is 9.82. The molecule has 0 aliphatic heterocycles. The van der Waals surface area contributed by atoms with Crippen molar-refractivity contribution < 1.29 is 14.3 Å². The van der Waals surface area contributed by atoms with E-state index in [-0.39, 0.29) is 17.9 Å². The van der Waals surface area contributed by atoms with E-state index in [1.54, 1.807) is 12.0 Å². The predicted molar refractivity (Wildman–Crippen MR) is 158 cm³/mol. The summed E-state index contributed by atoms with van der Waals surface area (Å²) in [5, 5.41) is 3.03. The van der Waals surface area contributed by atoms with Crippen molar-refractivity contribution in [2.75, 3.05) is 24.3 Å². The van der Waals surface area contributed by atoms with E-state index in [0.717, 1.165) is 44.8 Å². The van der Waals surface area contributed by atoms with Gasteiger partial charge in [0, 0.05) is 42.7 Å². The molecule has 7 nitrogen and oxygen atoms in total. The summed E-state index contributed by atoms with van der Waals surface area (Å²) < 4.78 is 5.93. The molecule has 2 amide bonds. The number of nitrogens with two attached hydrogens (primary N) is 1. The summed E-state index contributed by atoms with van der Waals surface area (Å²) in [5.41, 5.74) is 14.9. The normalized spacial score (nSPS) is 13.8. The second-order valence-electron chi connectivity index (χ2n) is 10.1. The van der Waals surface area contributed by atoms with E-state index in [1.165, 1.54) is 0 Å². The number of benzene rings is 3. The Labute approximate surface area is 235 Å². The van der Waals surface area contributed by atoms with Gasteiger partial charge in [0.1, 0.15) is 11.9 Å². The average molecular weight is 535 g/mol. The molecule has 5 rings (SSSR count). The third-order valence-corrected chi connectivity index (χ3v) is 7.61. The molecule has 0 spiro atoms. The lowest BCUT2D eigenvalue weighted by Gasteiger charge is -2.30. The highest BCUT2D eigenvalue weighted by atomic mass is 16.5. The van der Waals surface area contributed by atoms with Gasteiger partial charge in [0.15, 0.2) is 0 Å². The third kappa shape index (κ3) is 5.20. The maximum Gasteiger partial charge on any atom is 0.258 e. The molecular formula is C33H34N4O3. The second-order valence-corrected chi connectivity index (χ2v) is 10.1. The molecule has 1 atom stereocenters. The fourth-order valence-corrected chi connectivity index (χ4v) is 5.56. The number of nitrogens with one attached hydrogen (secondary N) is 1. The van der Waals surface area contributed by atoms with Crippen LogP contribution in [0.2, 0.25) is 0 Å². The number of hydrogen-bond acceptors (Lipinski definition) is 5. The van der Waals surface area contributed by atoms with Crippen LogP contribution in [0.25, 0.3) is 0 Å². The van der Waals surface area contributed by atoms with E-state index >= 15 is 0 Å². The molecule has 0 saturated carbocycles. The number of anilines is 2. The van der Waals surface area contributed by atoms with Gasteiger partial charge >= 0.3 is 0 Å². The zero-order chi connectivity index (χ0) is 28.4. The molecule has 1 aliphatic rings. The van der Waals surface area contributed by atoms with Crippen LogP contribution in [-0.4, -0.2) is 30.5 Å². The lowest BCUT2D eigenvalue weighted by Crippen LogP contribution is -2.31. The third-order valence-electron chi connectivity index (χ3n) is 7.61. The Morgan fingerprint density at radius 2 is 1.68 bits per heavy atom. The first kappa shape index (κ1) is 27.1. The summed E-state index contributed by atoms with van der Waals surface area (Å²) in [6.07, 6.45) is 0.382. The molecule has 3 aromatic carbocycles. The van der Waals surface area contributed by atoms with Crippen molar-refractivity contribution in [1.82, 2.24) is 10.3 Å². The Morgan fingerprint density at radius 3 is 2.35 bits per heavy atom. The number of methoxy groups -OCH3 is 1. The monoisotopic (exact) mass is 534 g/mol. The van der Waals surface area contributed by atoms with Gasteiger partial charge in [0.05, 0.1) is 0 Å². The first-order valence-corrected chi connectivity index (χ1v) is 13.5. The maximum atomic E-state index is 13.3. The van der Waals surface area contributed by atoms with E-state index in [0.29, 0.717) is 36.5 Å². The summed E-state index contributed by atoms with van der Waals surface area (Å²) in [6.45, 7) is 6.75. The molecular weight excluding hydrogens is 500 g/mol. The number of nitrogens with zero attached hydrogens (tertiary/aromatic N) is 2.